The van der Waals surface area contributed by atoms with Crippen LogP contribution in [0.15, 0.2) is 4.79 Å². The number of aromatic amines is 1. The molecule has 0 amide bonds. The fourth-order valence-electron chi connectivity index (χ4n) is 3.08. The van der Waals surface area contributed by atoms with Crippen LogP contribution in [0.1, 0.15) is 57.8 Å². The molecular formula is C13H24N4O. The summed E-state index contributed by atoms with van der Waals surface area (Å²) in [7, 11) is 0. The van der Waals surface area contributed by atoms with Crippen LogP contribution < -0.4 is 11.4 Å². The normalized spacial score (nSPS) is 19.3. The Balaban J connectivity index is 2.24. The first-order chi connectivity index (χ1) is 8.58. The van der Waals surface area contributed by atoms with E-state index in [1.54, 1.807) is 4.57 Å². The number of nitrogens with zero attached hydrogens (tertiary/aromatic N) is 2. The molecule has 0 radical (unpaired) electrons. The molecule has 1 aromatic heterocycles. The largest absolute Gasteiger partial charge is 0.343 e. The molecular weight excluding hydrogens is 228 g/mol. The summed E-state index contributed by atoms with van der Waals surface area (Å²) in [6, 6.07) is 0.143. The van der Waals surface area contributed by atoms with Crippen molar-refractivity contribution in [2.45, 2.75) is 58.4 Å². The number of nitrogens with two attached hydrogens (primary N) is 1. The lowest BCUT2D eigenvalue weighted by molar-refractivity contribution is 0.190. The van der Waals surface area contributed by atoms with Crippen molar-refractivity contribution in [1.82, 2.24) is 14.8 Å². The Labute approximate surface area is 108 Å². The molecule has 1 heterocycles. The van der Waals surface area contributed by atoms with Crippen molar-refractivity contribution in [3.63, 3.8) is 0 Å². The maximum Gasteiger partial charge on any atom is 0.343 e. The lowest BCUT2D eigenvalue weighted by Gasteiger charge is -2.36. The zero-order chi connectivity index (χ0) is 13.2. The third kappa shape index (κ3) is 2.51. The van der Waals surface area contributed by atoms with Crippen molar-refractivity contribution >= 4 is 0 Å². The molecule has 0 bridgehead atoms. The molecule has 1 aromatic rings. The van der Waals surface area contributed by atoms with Crippen LogP contribution in [0.5, 0.6) is 0 Å². The highest BCUT2D eigenvalue weighted by molar-refractivity contribution is 4.98. The summed E-state index contributed by atoms with van der Waals surface area (Å²) in [5.41, 5.74) is 6.03. The molecule has 1 fully saturated rings. The van der Waals surface area contributed by atoms with Gasteiger partial charge in [-0.1, -0.05) is 19.3 Å². The van der Waals surface area contributed by atoms with Crippen molar-refractivity contribution in [2.75, 3.05) is 6.54 Å². The molecule has 0 atom stereocenters. The van der Waals surface area contributed by atoms with Crippen molar-refractivity contribution < 1.29 is 0 Å². The highest BCUT2D eigenvalue weighted by Crippen LogP contribution is 2.37. The molecule has 5 heteroatoms. The van der Waals surface area contributed by atoms with Gasteiger partial charge >= 0.3 is 5.69 Å². The molecule has 102 valence electrons. The Morgan fingerprint density at radius 1 is 1.39 bits per heavy atom. The maximum atomic E-state index is 11.7. The van der Waals surface area contributed by atoms with Crippen LogP contribution in [-0.4, -0.2) is 21.3 Å². The molecule has 1 saturated carbocycles. The van der Waals surface area contributed by atoms with Gasteiger partial charge in [-0.15, -0.1) is 0 Å². The topological polar surface area (TPSA) is 76.7 Å². The lowest BCUT2D eigenvalue weighted by Crippen LogP contribution is -2.36. The minimum atomic E-state index is -0.108. The monoisotopic (exact) mass is 252 g/mol. The number of hydrogen-bond acceptors (Lipinski definition) is 3. The fraction of sp³-hybridized carbons (Fsp3) is 0.846. The van der Waals surface area contributed by atoms with Gasteiger partial charge in [-0.3, -0.25) is 4.57 Å². The van der Waals surface area contributed by atoms with E-state index in [2.05, 4.69) is 10.2 Å². The van der Waals surface area contributed by atoms with Crippen LogP contribution in [0.2, 0.25) is 0 Å². The SMILES string of the molecule is CC(C)n1c(CC2(CN)CCCCC2)n[nH]c1=O. The molecule has 5 nitrogen and oxygen atoms in total. The van der Waals surface area contributed by atoms with Crippen LogP contribution in [0.3, 0.4) is 0 Å². The number of nitrogens with one attached hydrogen (secondary N) is 1. The maximum absolute atomic E-state index is 11.7. The van der Waals surface area contributed by atoms with E-state index in [-0.39, 0.29) is 17.1 Å². The highest BCUT2D eigenvalue weighted by atomic mass is 16.1. The Bertz CT molecular complexity index is 440. The molecule has 0 unspecified atom stereocenters. The van der Waals surface area contributed by atoms with Crippen molar-refractivity contribution in [3.8, 4) is 0 Å². The summed E-state index contributed by atoms with van der Waals surface area (Å²) in [5.74, 6) is 0.863. The van der Waals surface area contributed by atoms with Gasteiger partial charge < -0.3 is 5.73 Å². The van der Waals surface area contributed by atoms with E-state index in [0.717, 1.165) is 25.1 Å². The summed E-state index contributed by atoms with van der Waals surface area (Å²) in [4.78, 5) is 11.7. The number of hydrogen-bond donors (Lipinski definition) is 2. The van der Waals surface area contributed by atoms with E-state index in [9.17, 15) is 4.79 Å². The minimum Gasteiger partial charge on any atom is -0.330 e. The van der Waals surface area contributed by atoms with E-state index >= 15 is 0 Å². The first-order valence-corrected chi connectivity index (χ1v) is 6.94. The molecule has 0 saturated heterocycles. The van der Waals surface area contributed by atoms with Gasteiger partial charge in [-0.2, -0.15) is 5.10 Å². The van der Waals surface area contributed by atoms with Gasteiger partial charge in [0.05, 0.1) is 0 Å². The van der Waals surface area contributed by atoms with Gasteiger partial charge in [0.15, 0.2) is 0 Å². The third-order valence-electron chi connectivity index (χ3n) is 4.17. The first kappa shape index (κ1) is 13.3. The molecule has 0 aliphatic heterocycles. The molecule has 1 aliphatic carbocycles. The molecule has 18 heavy (non-hydrogen) atoms. The second-order valence-electron chi connectivity index (χ2n) is 5.85. The summed E-state index contributed by atoms with van der Waals surface area (Å²) < 4.78 is 1.76. The smallest absolute Gasteiger partial charge is 0.330 e. The predicted molar refractivity (Wildman–Crippen MR) is 71.5 cm³/mol. The summed E-state index contributed by atoms with van der Waals surface area (Å²) in [5, 5.41) is 6.76. The predicted octanol–water partition coefficient (Wildman–Crippen LogP) is 1.60. The summed E-state index contributed by atoms with van der Waals surface area (Å²) >= 11 is 0. The first-order valence-electron chi connectivity index (χ1n) is 6.94. The van der Waals surface area contributed by atoms with Crippen LogP contribution >= 0.6 is 0 Å². The van der Waals surface area contributed by atoms with E-state index in [1.165, 1.54) is 19.3 Å². The van der Waals surface area contributed by atoms with Gasteiger partial charge in [0.25, 0.3) is 0 Å². The van der Waals surface area contributed by atoms with Gasteiger partial charge in [-0.05, 0) is 38.6 Å². The highest BCUT2D eigenvalue weighted by Gasteiger charge is 2.33. The molecule has 0 spiro atoms. The van der Waals surface area contributed by atoms with Crippen LogP contribution in [-0.2, 0) is 6.42 Å². The zero-order valence-corrected chi connectivity index (χ0v) is 11.4. The lowest BCUT2D eigenvalue weighted by atomic mass is 9.71. The van der Waals surface area contributed by atoms with Gasteiger partial charge in [0.1, 0.15) is 5.82 Å². The van der Waals surface area contributed by atoms with Crippen LogP contribution in [0.4, 0.5) is 0 Å². The standard InChI is InChI=1S/C13H24N4O/c1-10(2)17-11(15-16-12(17)18)8-13(9-14)6-4-3-5-7-13/h10H,3-9,14H2,1-2H3,(H,16,18). The fourth-order valence-corrected chi connectivity index (χ4v) is 3.08. The average molecular weight is 252 g/mol. The summed E-state index contributed by atoms with van der Waals surface area (Å²) in [6.07, 6.45) is 6.92. The number of H-pyrrole nitrogens is 1. The third-order valence-corrected chi connectivity index (χ3v) is 4.17. The van der Waals surface area contributed by atoms with Gasteiger partial charge in [0, 0.05) is 12.5 Å². The Kier molecular flexibility index (Phi) is 3.90. The van der Waals surface area contributed by atoms with E-state index < -0.39 is 0 Å². The Morgan fingerprint density at radius 3 is 2.61 bits per heavy atom. The number of aromatic nitrogens is 3. The quantitative estimate of drug-likeness (QED) is 0.854. The zero-order valence-electron chi connectivity index (χ0n) is 11.4. The second kappa shape index (κ2) is 5.26. The van der Waals surface area contributed by atoms with Crippen molar-refractivity contribution in [1.29, 1.82) is 0 Å². The number of rotatable bonds is 4. The molecule has 1 aliphatic rings. The van der Waals surface area contributed by atoms with Crippen molar-refractivity contribution in [2.24, 2.45) is 11.1 Å². The van der Waals surface area contributed by atoms with Gasteiger partial charge in [0.2, 0.25) is 0 Å². The van der Waals surface area contributed by atoms with Crippen molar-refractivity contribution in [3.05, 3.63) is 16.3 Å². The van der Waals surface area contributed by atoms with E-state index in [4.69, 9.17) is 5.73 Å². The van der Waals surface area contributed by atoms with E-state index in [1.807, 2.05) is 13.8 Å². The molecule has 3 N–H and O–H groups in total. The van der Waals surface area contributed by atoms with Crippen LogP contribution in [0, 0.1) is 5.41 Å². The average Bonchev–Trinajstić information content (AvgIpc) is 2.71. The second-order valence-corrected chi connectivity index (χ2v) is 5.85. The Morgan fingerprint density at radius 2 is 2.06 bits per heavy atom. The Hall–Kier alpha value is -1.10. The van der Waals surface area contributed by atoms with Crippen LogP contribution in [0.25, 0.3) is 0 Å². The van der Waals surface area contributed by atoms with Gasteiger partial charge in [-0.25, -0.2) is 9.89 Å². The molecule has 0 aromatic carbocycles. The minimum absolute atomic E-state index is 0.108. The van der Waals surface area contributed by atoms with E-state index in [0.29, 0.717) is 6.54 Å². The molecule has 2 rings (SSSR count). The summed E-state index contributed by atoms with van der Waals surface area (Å²) in [6.45, 7) is 4.71.